The second kappa shape index (κ2) is 7.66. The summed E-state index contributed by atoms with van der Waals surface area (Å²) in [5.74, 6) is 1.24. The predicted molar refractivity (Wildman–Crippen MR) is 106 cm³/mol. The van der Waals surface area contributed by atoms with Crippen LogP contribution in [0, 0.1) is 0 Å². The van der Waals surface area contributed by atoms with Crippen molar-refractivity contribution < 1.29 is 32.2 Å². The minimum absolute atomic E-state index is 0.00292. The van der Waals surface area contributed by atoms with Gasteiger partial charge in [0.25, 0.3) is 5.91 Å². The van der Waals surface area contributed by atoms with Gasteiger partial charge in [-0.3, -0.25) is 4.79 Å². The molecule has 0 spiro atoms. The molecule has 2 fully saturated rings. The maximum Gasteiger partial charge on any atom is 0.573 e. The number of ether oxygens (including phenoxy) is 3. The van der Waals surface area contributed by atoms with E-state index in [4.69, 9.17) is 9.47 Å². The molecule has 2 bridgehead atoms. The SMILES string of the molecule is O=C(c1ccc2c(c1)OCCO2)N1C2CCC1CC(c1ccc(OC(F)(F)F)cc1)C2. The van der Waals surface area contributed by atoms with Gasteiger partial charge in [0, 0.05) is 17.6 Å². The van der Waals surface area contributed by atoms with E-state index in [1.165, 1.54) is 12.1 Å². The zero-order valence-corrected chi connectivity index (χ0v) is 16.7. The third-order valence-electron chi connectivity index (χ3n) is 6.34. The standard InChI is InChI=1S/C23H22F3NO4/c24-23(25,26)31-19-6-1-14(2-7-19)16-11-17-4-5-18(12-16)27(17)22(28)15-3-8-20-21(13-15)30-10-9-29-20/h1-3,6-8,13,16-18H,4-5,9-12H2. The molecule has 5 rings (SSSR count). The first kappa shape index (κ1) is 20.0. The Hall–Kier alpha value is -2.90. The fourth-order valence-corrected chi connectivity index (χ4v) is 5.05. The number of hydrogen-bond donors (Lipinski definition) is 0. The van der Waals surface area contributed by atoms with Crippen molar-refractivity contribution in [2.75, 3.05) is 13.2 Å². The number of nitrogens with zero attached hydrogens (tertiary/aromatic N) is 1. The lowest BCUT2D eigenvalue weighted by Gasteiger charge is -2.39. The Bertz CT molecular complexity index is 962. The Morgan fingerprint density at radius 3 is 2.23 bits per heavy atom. The maximum atomic E-state index is 13.3. The highest BCUT2D eigenvalue weighted by molar-refractivity contribution is 5.95. The molecule has 2 saturated heterocycles. The molecule has 2 aromatic rings. The molecule has 0 N–H and O–H groups in total. The number of carbonyl (C=O) groups is 1. The molecule has 0 aromatic heterocycles. The first-order chi connectivity index (χ1) is 14.9. The normalized spacial score (nSPS) is 24.7. The number of carbonyl (C=O) groups excluding carboxylic acids is 1. The van der Waals surface area contributed by atoms with Gasteiger partial charge in [-0.05, 0) is 67.5 Å². The van der Waals surface area contributed by atoms with E-state index in [2.05, 4.69) is 4.74 Å². The van der Waals surface area contributed by atoms with E-state index < -0.39 is 6.36 Å². The second-order valence-electron chi connectivity index (χ2n) is 8.24. The monoisotopic (exact) mass is 433 g/mol. The van der Waals surface area contributed by atoms with Crippen molar-refractivity contribution in [3.63, 3.8) is 0 Å². The quantitative estimate of drug-likeness (QED) is 0.691. The summed E-state index contributed by atoms with van der Waals surface area (Å²) in [7, 11) is 0. The molecule has 3 aliphatic heterocycles. The van der Waals surface area contributed by atoms with Crippen LogP contribution in [0.4, 0.5) is 13.2 Å². The Morgan fingerprint density at radius 2 is 1.58 bits per heavy atom. The highest BCUT2D eigenvalue weighted by atomic mass is 19.4. The van der Waals surface area contributed by atoms with Crippen molar-refractivity contribution in [3.05, 3.63) is 53.6 Å². The van der Waals surface area contributed by atoms with Gasteiger partial charge in [-0.25, -0.2) is 0 Å². The third kappa shape index (κ3) is 4.03. The average Bonchev–Trinajstić information content (AvgIpc) is 3.01. The smallest absolute Gasteiger partial charge is 0.486 e. The first-order valence-corrected chi connectivity index (χ1v) is 10.5. The number of hydrogen-bond acceptors (Lipinski definition) is 4. The molecular formula is C23H22F3NO4. The summed E-state index contributed by atoms with van der Waals surface area (Å²) < 4.78 is 52.3. The van der Waals surface area contributed by atoms with Crippen LogP contribution in [0.25, 0.3) is 0 Å². The molecule has 2 aromatic carbocycles. The van der Waals surface area contributed by atoms with Crippen molar-refractivity contribution in [3.8, 4) is 17.2 Å². The van der Waals surface area contributed by atoms with Crippen molar-refractivity contribution in [2.45, 2.75) is 50.0 Å². The fourth-order valence-electron chi connectivity index (χ4n) is 5.05. The molecule has 0 radical (unpaired) electrons. The molecule has 2 unspecified atom stereocenters. The molecule has 5 nitrogen and oxygen atoms in total. The number of fused-ring (bicyclic) bond motifs is 3. The molecule has 1 amide bonds. The van der Waals surface area contributed by atoms with Gasteiger partial charge in [0.2, 0.25) is 0 Å². The van der Waals surface area contributed by atoms with Crippen LogP contribution in [0.15, 0.2) is 42.5 Å². The van der Waals surface area contributed by atoms with Crippen LogP contribution in [0.5, 0.6) is 17.2 Å². The number of halogens is 3. The molecule has 2 atom stereocenters. The van der Waals surface area contributed by atoms with E-state index in [0.717, 1.165) is 31.2 Å². The Labute approximate surface area is 177 Å². The minimum Gasteiger partial charge on any atom is -0.486 e. The van der Waals surface area contributed by atoms with Gasteiger partial charge in [-0.2, -0.15) is 0 Å². The second-order valence-corrected chi connectivity index (χ2v) is 8.24. The predicted octanol–water partition coefficient (Wildman–Crippen LogP) is 4.91. The molecule has 8 heteroatoms. The number of alkyl halides is 3. The summed E-state index contributed by atoms with van der Waals surface area (Å²) >= 11 is 0. The lowest BCUT2D eigenvalue weighted by molar-refractivity contribution is -0.274. The largest absolute Gasteiger partial charge is 0.573 e. The molecular weight excluding hydrogens is 411 g/mol. The third-order valence-corrected chi connectivity index (χ3v) is 6.34. The summed E-state index contributed by atoms with van der Waals surface area (Å²) in [6.45, 7) is 0.968. The van der Waals surface area contributed by atoms with Crippen LogP contribution in [-0.4, -0.2) is 42.5 Å². The van der Waals surface area contributed by atoms with E-state index in [1.807, 2.05) is 4.90 Å². The first-order valence-electron chi connectivity index (χ1n) is 10.5. The minimum atomic E-state index is -4.69. The highest BCUT2D eigenvalue weighted by Crippen LogP contribution is 2.44. The van der Waals surface area contributed by atoms with Crippen LogP contribution in [0.1, 0.15) is 47.5 Å². The van der Waals surface area contributed by atoms with Crippen molar-refractivity contribution in [2.24, 2.45) is 0 Å². The van der Waals surface area contributed by atoms with E-state index in [9.17, 15) is 18.0 Å². The van der Waals surface area contributed by atoms with Crippen LogP contribution in [-0.2, 0) is 0 Å². The molecule has 3 aliphatic rings. The molecule has 0 saturated carbocycles. The van der Waals surface area contributed by atoms with E-state index in [0.29, 0.717) is 30.3 Å². The maximum absolute atomic E-state index is 13.3. The lowest BCUT2D eigenvalue weighted by atomic mass is 9.84. The topological polar surface area (TPSA) is 48.0 Å². The van der Waals surface area contributed by atoms with Crippen molar-refractivity contribution in [1.82, 2.24) is 4.90 Å². The number of amides is 1. The Morgan fingerprint density at radius 1 is 0.935 bits per heavy atom. The van der Waals surface area contributed by atoms with Gasteiger partial charge in [0.05, 0.1) is 0 Å². The molecule has 3 heterocycles. The number of rotatable bonds is 3. The number of piperidine rings is 1. The average molecular weight is 433 g/mol. The van der Waals surface area contributed by atoms with Crippen LogP contribution in [0.2, 0.25) is 0 Å². The van der Waals surface area contributed by atoms with E-state index >= 15 is 0 Å². The fraction of sp³-hybridized carbons (Fsp3) is 0.435. The van der Waals surface area contributed by atoms with E-state index in [1.54, 1.807) is 30.3 Å². The van der Waals surface area contributed by atoms with Crippen LogP contribution >= 0.6 is 0 Å². The van der Waals surface area contributed by atoms with Gasteiger partial charge in [-0.1, -0.05) is 12.1 Å². The summed E-state index contributed by atoms with van der Waals surface area (Å²) in [6.07, 6.45) is -1.22. The molecule has 164 valence electrons. The lowest BCUT2D eigenvalue weighted by Crippen LogP contribution is -2.46. The van der Waals surface area contributed by atoms with Gasteiger partial charge in [-0.15, -0.1) is 13.2 Å². The van der Waals surface area contributed by atoms with Crippen molar-refractivity contribution >= 4 is 5.91 Å². The van der Waals surface area contributed by atoms with Gasteiger partial charge in [0.15, 0.2) is 11.5 Å². The van der Waals surface area contributed by atoms with Gasteiger partial charge in [0.1, 0.15) is 19.0 Å². The summed E-state index contributed by atoms with van der Waals surface area (Å²) in [5, 5.41) is 0. The van der Waals surface area contributed by atoms with Crippen LogP contribution in [0.3, 0.4) is 0 Å². The zero-order chi connectivity index (χ0) is 21.6. The zero-order valence-electron chi connectivity index (χ0n) is 16.7. The van der Waals surface area contributed by atoms with Gasteiger partial charge >= 0.3 is 6.36 Å². The van der Waals surface area contributed by atoms with E-state index in [-0.39, 0.29) is 29.7 Å². The highest BCUT2D eigenvalue weighted by Gasteiger charge is 2.44. The summed E-state index contributed by atoms with van der Waals surface area (Å²) in [5.41, 5.74) is 1.58. The molecule has 0 aliphatic carbocycles. The summed E-state index contributed by atoms with van der Waals surface area (Å²) in [6, 6.07) is 11.7. The Balaban J connectivity index is 1.29. The van der Waals surface area contributed by atoms with Crippen LogP contribution < -0.4 is 14.2 Å². The Kier molecular flexibility index (Phi) is 4.95. The summed E-state index contributed by atoms with van der Waals surface area (Å²) in [4.78, 5) is 15.3. The molecule has 31 heavy (non-hydrogen) atoms. The van der Waals surface area contributed by atoms with Crippen molar-refractivity contribution in [1.29, 1.82) is 0 Å². The number of benzene rings is 2. The van der Waals surface area contributed by atoms with Gasteiger partial charge < -0.3 is 19.1 Å².